The van der Waals surface area contributed by atoms with Crippen LogP contribution in [0.2, 0.25) is 0 Å². The van der Waals surface area contributed by atoms with Gasteiger partial charge in [0.25, 0.3) is 0 Å². The van der Waals surface area contributed by atoms with Crippen LogP contribution in [0.4, 0.5) is 8.78 Å². The molecule has 24 heavy (non-hydrogen) atoms. The van der Waals surface area contributed by atoms with Crippen molar-refractivity contribution in [3.63, 3.8) is 0 Å². The molecule has 0 saturated carbocycles. The lowest BCUT2D eigenvalue weighted by Gasteiger charge is -2.44. The first-order valence-corrected chi connectivity index (χ1v) is 8.97. The van der Waals surface area contributed by atoms with Gasteiger partial charge in [-0.2, -0.15) is 0 Å². The minimum atomic E-state index is -0.775. The molecule has 3 nitrogen and oxygen atoms in total. The number of aryl methyl sites for hydroxylation is 1. The van der Waals surface area contributed by atoms with Crippen molar-refractivity contribution >= 4 is 5.91 Å². The van der Waals surface area contributed by atoms with Gasteiger partial charge in [0.05, 0.1) is 0 Å². The van der Waals surface area contributed by atoms with E-state index < -0.39 is 17.2 Å². The van der Waals surface area contributed by atoms with Gasteiger partial charge in [-0.3, -0.25) is 9.69 Å². The summed E-state index contributed by atoms with van der Waals surface area (Å²) in [5, 5.41) is 0. The Hall–Kier alpha value is -1.49. The standard InChI is InChI=1S/C19H26F2N2O/c1-3-10-22-11-4-8-19(18(22)24)9-5-12-23(19)13-15-7-6-14(2)16(20)17(15)21/h6-7H,3-5,8-13H2,1-2H3. The number of amides is 1. The van der Waals surface area contributed by atoms with E-state index in [1.165, 1.54) is 0 Å². The fourth-order valence-electron chi connectivity index (χ4n) is 4.25. The van der Waals surface area contributed by atoms with Crippen LogP contribution in [0.25, 0.3) is 0 Å². The summed E-state index contributed by atoms with van der Waals surface area (Å²) in [6.07, 6.45) is 4.50. The zero-order valence-corrected chi connectivity index (χ0v) is 14.6. The maximum absolute atomic E-state index is 14.3. The van der Waals surface area contributed by atoms with Gasteiger partial charge in [0.1, 0.15) is 5.54 Å². The summed E-state index contributed by atoms with van der Waals surface area (Å²) in [5.41, 5.74) is 0.149. The molecule has 1 unspecified atom stereocenters. The highest BCUT2D eigenvalue weighted by atomic mass is 19.2. The molecule has 0 N–H and O–H groups in total. The van der Waals surface area contributed by atoms with E-state index in [0.29, 0.717) is 17.7 Å². The third kappa shape index (κ3) is 2.83. The smallest absolute Gasteiger partial charge is 0.243 e. The van der Waals surface area contributed by atoms with E-state index in [-0.39, 0.29) is 5.91 Å². The van der Waals surface area contributed by atoms with E-state index in [1.54, 1.807) is 19.1 Å². The van der Waals surface area contributed by atoms with Crippen LogP contribution in [0.5, 0.6) is 0 Å². The number of benzene rings is 1. The van der Waals surface area contributed by atoms with E-state index >= 15 is 0 Å². The number of hydrogen-bond donors (Lipinski definition) is 0. The van der Waals surface area contributed by atoms with Gasteiger partial charge in [-0.15, -0.1) is 0 Å². The van der Waals surface area contributed by atoms with E-state index in [4.69, 9.17) is 0 Å². The lowest BCUT2D eigenvalue weighted by atomic mass is 9.85. The molecule has 1 amide bonds. The molecule has 132 valence electrons. The molecule has 0 aromatic heterocycles. The van der Waals surface area contributed by atoms with Gasteiger partial charge in [0.15, 0.2) is 11.6 Å². The van der Waals surface area contributed by atoms with Gasteiger partial charge in [-0.25, -0.2) is 8.78 Å². The molecule has 1 atom stereocenters. The molecular formula is C19H26F2N2O. The van der Waals surface area contributed by atoms with Crippen LogP contribution in [0.1, 0.15) is 50.2 Å². The summed E-state index contributed by atoms with van der Waals surface area (Å²) in [5.74, 6) is -1.37. The molecule has 0 aliphatic carbocycles. The fourth-order valence-corrected chi connectivity index (χ4v) is 4.25. The van der Waals surface area contributed by atoms with Gasteiger partial charge in [-0.05, 0) is 51.1 Å². The molecule has 5 heteroatoms. The Morgan fingerprint density at radius 3 is 2.54 bits per heavy atom. The molecule has 2 aliphatic heterocycles. The first-order valence-electron chi connectivity index (χ1n) is 8.97. The van der Waals surface area contributed by atoms with E-state index in [0.717, 1.165) is 51.7 Å². The number of carbonyl (C=O) groups is 1. The molecule has 2 fully saturated rings. The molecule has 1 aromatic rings. The monoisotopic (exact) mass is 336 g/mol. The van der Waals surface area contributed by atoms with Crippen LogP contribution >= 0.6 is 0 Å². The van der Waals surface area contributed by atoms with Gasteiger partial charge in [0.2, 0.25) is 5.91 Å². The van der Waals surface area contributed by atoms with Crippen molar-refractivity contribution in [2.24, 2.45) is 0 Å². The SMILES string of the molecule is CCCN1CCCC2(CCCN2Cc2ccc(C)c(F)c2F)C1=O. The second-order valence-electron chi connectivity index (χ2n) is 7.12. The Bertz CT molecular complexity index is 632. The second kappa shape index (κ2) is 6.79. The Morgan fingerprint density at radius 1 is 1.12 bits per heavy atom. The molecular weight excluding hydrogens is 310 g/mol. The summed E-state index contributed by atoms with van der Waals surface area (Å²) in [4.78, 5) is 17.1. The number of carbonyl (C=O) groups excluding carboxylic acids is 1. The number of hydrogen-bond acceptors (Lipinski definition) is 2. The van der Waals surface area contributed by atoms with Crippen LogP contribution in [0.3, 0.4) is 0 Å². The number of nitrogens with zero attached hydrogens (tertiary/aromatic N) is 2. The highest BCUT2D eigenvalue weighted by Gasteiger charge is 2.50. The lowest BCUT2D eigenvalue weighted by molar-refractivity contribution is -0.147. The van der Waals surface area contributed by atoms with Crippen molar-refractivity contribution in [3.05, 3.63) is 34.9 Å². The number of piperidine rings is 1. The second-order valence-corrected chi connectivity index (χ2v) is 7.12. The zero-order valence-electron chi connectivity index (χ0n) is 14.6. The quantitative estimate of drug-likeness (QED) is 0.838. The maximum atomic E-state index is 14.3. The summed E-state index contributed by atoms with van der Waals surface area (Å²) in [6.45, 7) is 6.30. The zero-order chi connectivity index (χ0) is 17.3. The fraction of sp³-hybridized carbons (Fsp3) is 0.632. The van der Waals surface area contributed by atoms with Crippen LogP contribution in [-0.4, -0.2) is 40.9 Å². The highest BCUT2D eigenvalue weighted by molar-refractivity contribution is 5.87. The van der Waals surface area contributed by atoms with E-state index in [2.05, 4.69) is 11.8 Å². The first-order chi connectivity index (χ1) is 11.5. The van der Waals surface area contributed by atoms with Gasteiger partial charge < -0.3 is 4.90 Å². The Kier molecular flexibility index (Phi) is 4.90. The topological polar surface area (TPSA) is 23.6 Å². The molecule has 1 aromatic carbocycles. The van der Waals surface area contributed by atoms with Crippen molar-refractivity contribution in [3.8, 4) is 0 Å². The Morgan fingerprint density at radius 2 is 1.83 bits per heavy atom. The third-order valence-electron chi connectivity index (χ3n) is 5.54. The molecule has 0 radical (unpaired) electrons. The average Bonchev–Trinajstić information content (AvgIpc) is 2.96. The van der Waals surface area contributed by atoms with Crippen molar-refractivity contribution < 1.29 is 13.6 Å². The Labute approximate surface area is 142 Å². The molecule has 3 rings (SSSR count). The summed E-state index contributed by atoms with van der Waals surface area (Å²) in [7, 11) is 0. The number of rotatable bonds is 4. The van der Waals surface area contributed by atoms with Crippen molar-refractivity contribution in [1.82, 2.24) is 9.80 Å². The van der Waals surface area contributed by atoms with Gasteiger partial charge in [0, 0.05) is 25.2 Å². The lowest BCUT2D eigenvalue weighted by Crippen LogP contribution is -2.59. The number of halogens is 2. The predicted molar refractivity (Wildman–Crippen MR) is 89.6 cm³/mol. The first kappa shape index (κ1) is 17.3. The summed E-state index contributed by atoms with van der Waals surface area (Å²) in [6, 6.07) is 3.26. The third-order valence-corrected chi connectivity index (χ3v) is 5.54. The van der Waals surface area contributed by atoms with E-state index in [9.17, 15) is 13.6 Å². The molecule has 0 bridgehead atoms. The number of likely N-dealkylation sites (tertiary alicyclic amines) is 2. The van der Waals surface area contributed by atoms with Gasteiger partial charge >= 0.3 is 0 Å². The van der Waals surface area contributed by atoms with Crippen molar-refractivity contribution in [2.75, 3.05) is 19.6 Å². The molecule has 1 spiro atoms. The van der Waals surface area contributed by atoms with Gasteiger partial charge in [-0.1, -0.05) is 19.1 Å². The van der Waals surface area contributed by atoms with Crippen LogP contribution < -0.4 is 0 Å². The Balaban J connectivity index is 1.85. The molecule has 2 saturated heterocycles. The van der Waals surface area contributed by atoms with Crippen LogP contribution in [0, 0.1) is 18.6 Å². The minimum Gasteiger partial charge on any atom is -0.341 e. The molecule has 2 heterocycles. The minimum absolute atomic E-state index is 0.182. The van der Waals surface area contributed by atoms with Crippen LogP contribution in [-0.2, 0) is 11.3 Å². The van der Waals surface area contributed by atoms with Crippen LogP contribution in [0.15, 0.2) is 12.1 Å². The van der Waals surface area contributed by atoms with Crippen molar-refractivity contribution in [1.29, 1.82) is 0 Å². The average molecular weight is 336 g/mol. The highest BCUT2D eigenvalue weighted by Crippen LogP contribution is 2.39. The predicted octanol–water partition coefficient (Wildman–Crippen LogP) is 3.64. The van der Waals surface area contributed by atoms with E-state index in [1.807, 2.05) is 4.90 Å². The summed E-state index contributed by atoms with van der Waals surface area (Å²) >= 11 is 0. The molecule has 2 aliphatic rings. The maximum Gasteiger partial charge on any atom is 0.243 e. The van der Waals surface area contributed by atoms with Crippen molar-refractivity contribution in [2.45, 2.75) is 58.0 Å². The summed E-state index contributed by atoms with van der Waals surface area (Å²) < 4.78 is 28.1. The normalized spacial score (nSPS) is 25.0. The largest absolute Gasteiger partial charge is 0.341 e.